The van der Waals surface area contributed by atoms with Crippen LogP contribution in [0.1, 0.15) is 0 Å². The summed E-state index contributed by atoms with van der Waals surface area (Å²) in [5.74, 6) is -0.461. The van der Waals surface area contributed by atoms with Crippen LogP contribution in [0.4, 0.5) is 20.6 Å². The fourth-order valence-corrected chi connectivity index (χ4v) is 1.92. The van der Waals surface area contributed by atoms with Crippen LogP contribution in [0.2, 0.25) is 0 Å². The van der Waals surface area contributed by atoms with Crippen molar-refractivity contribution in [3.63, 3.8) is 0 Å². The normalized spacial score (nSPS) is 10.4. The summed E-state index contributed by atoms with van der Waals surface area (Å²) in [5.41, 5.74) is 6.90. The lowest BCUT2D eigenvalue weighted by Gasteiger charge is -2.14. The molecule has 2 amide bonds. The van der Waals surface area contributed by atoms with Crippen molar-refractivity contribution in [3.05, 3.63) is 30.2 Å². The van der Waals surface area contributed by atoms with Crippen molar-refractivity contribution in [1.29, 1.82) is 0 Å². The summed E-state index contributed by atoms with van der Waals surface area (Å²) < 4.78 is 14.0. The van der Waals surface area contributed by atoms with Gasteiger partial charge in [0.15, 0.2) is 5.82 Å². The quantitative estimate of drug-likeness (QED) is 0.590. The molecule has 0 bridgehead atoms. The average molecular weight is 291 g/mol. The maximum Gasteiger partial charge on any atom is 0.316 e. The lowest BCUT2D eigenvalue weighted by atomic mass is 10.1. The second kappa shape index (κ2) is 6.25. The molecule has 2 rings (SSSR count). The second-order valence-electron chi connectivity index (χ2n) is 4.78. The van der Waals surface area contributed by atoms with E-state index in [2.05, 4.69) is 15.6 Å². The topological polar surface area (TPSA) is 83.3 Å². The predicted octanol–water partition coefficient (Wildman–Crippen LogP) is 1.64. The largest absolute Gasteiger partial charge is 0.398 e. The van der Waals surface area contributed by atoms with Gasteiger partial charge in [-0.25, -0.2) is 9.18 Å². The van der Waals surface area contributed by atoms with Gasteiger partial charge in [-0.15, -0.1) is 0 Å². The molecule has 0 fully saturated rings. The smallest absolute Gasteiger partial charge is 0.316 e. The van der Waals surface area contributed by atoms with Gasteiger partial charge in [-0.2, -0.15) is 0 Å². The van der Waals surface area contributed by atoms with Gasteiger partial charge in [-0.3, -0.25) is 4.98 Å². The van der Waals surface area contributed by atoms with Crippen LogP contribution in [-0.4, -0.2) is 43.1 Å². The lowest BCUT2D eigenvalue weighted by Crippen LogP contribution is -2.37. The highest BCUT2D eigenvalue weighted by Gasteiger charge is 2.11. The Labute approximate surface area is 122 Å². The molecule has 0 atom stereocenters. The number of anilines is 2. The molecule has 0 spiro atoms. The average Bonchev–Trinajstić information content (AvgIpc) is 2.46. The van der Waals surface area contributed by atoms with Gasteiger partial charge in [0.1, 0.15) is 0 Å². The molecule has 6 nitrogen and oxygen atoms in total. The summed E-state index contributed by atoms with van der Waals surface area (Å²) in [6, 6.07) is 4.61. The van der Waals surface area contributed by atoms with E-state index in [1.807, 2.05) is 0 Å². The summed E-state index contributed by atoms with van der Waals surface area (Å²) in [7, 11) is 3.31. The molecule has 0 radical (unpaired) electrons. The van der Waals surface area contributed by atoms with Gasteiger partial charge >= 0.3 is 6.03 Å². The highest BCUT2D eigenvalue weighted by molar-refractivity contribution is 5.98. The third kappa shape index (κ3) is 3.31. The van der Waals surface area contributed by atoms with E-state index in [-0.39, 0.29) is 6.03 Å². The fourth-order valence-electron chi connectivity index (χ4n) is 1.92. The molecular formula is C14H18FN5O. The maximum atomic E-state index is 14.0. The molecule has 0 aliphatic heterocycles. The molecular weight excluding hydrogens is 273 g/mol. The van der Waals surface area contributed by atoms with Crippen molar-refractivity contribution >= 4 is 28.3 Å². The summed E-state index contributed by atoms with van der Waals surface area (Å²) >= 11 is 0. The van der Waals surface area contributed by atoms with Gasteiger partial charge in [-0.05, 0) is 18.2 Å². The van der Waals surface area contributed by atoms with Crippen LogP contribution < -0.4 is 16.4 Å². The van der Waals surface area contributed by atoms with Crippen LogP contribution in [0, 0.1) is 5.82 Å². The highest BCUT2D eigenvalue weighted by atomic mass is 19.1. The SMILES string of the molecule is CN(C)C(=O)NCCNc1c(F)cc(N)c2cccnc12. The number of halogens is 1. The van der Waals surface area contributed by atoms with Crippen LogP contribution >= 0.6 is 0 Å². The number of pyridine rings is 1. The van der Waals surface area contributed by atoms with Crippen molar-refractivity contribution in [2.45, 2.75) is 0 Å². The molecule has 4 N–H and O–H groups in total. The highest BCUT2D eigenvalue weighted by Crippen LogP contribution is 2.29. The van der Waals surface area contributed by atoms with E-state index in [4.69, 9.17) is 5.73 Å². The molecule has 112 valence electrons. The van der Waals surface area contributed by atoms with E-state index in [1.54, 1.807) is 32.4 Å². The monoisotopic (exact) mass is 291 g/mol. The van der Waals surface area contributed by atoms with E-state index in [0.717, 1.165) is 0 Å². The second-order valence-corrected chi connectivity index (χ2v) is 4.78. The zero-order valence-corrected chi connectivity index (χ0v) is 12.0. The molecule has 0 saturated heterocycles. The fraction of sp³-hybridized carbons (Fsp3) is 0.286. The van der Waals surface area contributed by atoms with Gasteiger partial charge in [-0.1, -0.05) is 0 Å². The number of nitrogens with two attached hydrogens (primary N) is 1. The van der Waals surface area contributed by atoms with Crippen LogP contribution in [-0.2, 0) is 0 Å². The number of hydrogen-bond donors (Lipinski definition) is 3. The summed E-state index contributed by atoms with van der Waals surface area (Å²) in [5, 5.41) is 6.33. The van der Waals surface area contributed by atoms with Crippen LogP contribution in [0.25, 0.3) is 10.9 Å². The van der Waals surface area contributed by atoms with E-state index in [1.165, 1.54) is 11.0 Å². The van der Waals surface area contributed by atoms with Gasteiger partial charge in [0.05, 0.1) is 11.2 Å². The van der Waals surface area contributed by atoms with Gasteiger partial charge in [0.2, 0.25) is 0 Å². The molecule has 0 aliphatic rings. The number of nitrogens with zero attached hydrogens (tertiary/aromatic N) is 2. The summed E-state index contributed by atoms with van der Waals surface area (Å²) in [4.78, 5) is 17.0. The minimum Gasteiger partial charge on any atom is -0.398 e. The number of carbonyl (C=O) groups is 1. The zero-order chi connectivity index (χ0) is 15.4. The zero-order valence-electron chi connectivity index (χ0n) is 12.0. The predicted molar refractivity (Wildman–Crippen MR) is 81.7 cm³/mol. The van der Waals surface area contributed by atoms with Crippen LogP contribution in [0.3, 0.4) is 0 Å². The first-order chi connectivity index (χ1) is 10.0. The number of hydrogen-bond acceptors (Lipinski definition) is 4. The number of carbonyl (C=O) groups excluding carboxylic acids is 1. The van der Waals surface area contributed by atoms with E-state index < -0.39 is 5.82 Å². The molecule has 2 aromatic rings. The van der Waals surface area contributed by atoms with Crippen molar-refractivity contribution in [3.8, 4) is 0 Å². The number of nitrogen functional groups attached to an aromatic ring is 1. The molecule has 0 saturated carbocycles. The Hall–Kier alpha value is -2.57. The molecule has 21 heavy (non-hydrogen) atoms. The number of aromatic nitrogens is 1. The molecule has 1 aromatic heterocycles. The number of urea groups is 1. The van der Waals surface area contributed by atoms with Crippen molar-refractivity contribution in [2.24, 2.45) is 0 Å². The molecule has 0 unspecified atom stereocenters. The van der Waals surface area contributed by atoms with Crippen LogP contribution in [0.15, 0.2) is 24.4 Å². The molecule has 7 heteroatoms. The number of fused-ring (bicyclic) bond motifs is 1. The first-order valence-corrected chi connectivity index (χ1v) is 6.52. The summed E-state index contributed by atoms with van der Waals surface area (Å²) in [6.07, 6.45) is 1.58. The van der Waals surface area contributed by atoms with Gasteiger partial charge in [0.25, 0.3) is 0 Å². The Balaban J connectivity index is 2.10. The Morgan fingerprint density at radius 3 is 2.90 bits per heavy atom. The summed E-state index contributed by atoms with van der Waals surface area (Å²) in [6.45, 7) is 0.751. The Kier molecular flexibility index (Phi) is 4.42. The van der Waals surface area contributed by atoms with E-state index >= 15 is 0 Å². The Bertz CT molecular complexity index is 659. The minimum absolute atomic E-state index is 0.197. The molecule has 1 heterocycles. The van der Waals surface area contributed by atoms with Crippen molar-refractivity contribution in [2.75, 3.05) is 38.2 Å². The van der Waals surface area contributed by atoms with E-state index in [9.17, 15) is 9.18 Å². The third-order valence-electron chi connectivity index (χ3n) is 2.99. The van der Waals surface area contributed by atoms with Crippen molar-refractivity contribution < 1.29 is 9.18 Å². The standard InChI is InChI=1S/C14H18FN5O/c1-20(2)14(21)19-7-6-18-13-10(15)8-11(16)9-4-3-5-17-12(9)13/h3-5,8,18H,6-7,16H2,1-2H3,(H,19,21). The number of nitrogens with one attached hydrogen (secondary N) is 2. The van der Waals surface area contributed by atoms with Gasteiger partial charge < -0.3 is 21.3 Å². The number of benzene rings is 1. The molecule has 0 aliphatic carbocycles. The molecule has 1 aromatic carbocycles. The first kappa shape index (κ1) is 14.8. The van der Waals surface area contributed by atoms with Gasteiger partial charge in [0, 0.05) is 44.5 Å². The minimum atomic E-state index is -0.461. The van der Waals surface area contributed by atoms with E-state index in [0.29, 0.717) is 35.4 Å². The van der Waals surface area contributed by atoms with Crippen LogP contribution in [0.5, 0.6) is 0 Å². The Morgan fingerprint density at radius 2 is 2.19 bits per heavy atom. The van der Waals surface area contributed by atoms with Crippen molar-refractivity contribution in [1.82, 2.24) is 15.2 Å². The number of rotatable bonds is 4. The third-order valence-corrected chi connectivity index (χ3v) is 2.99. The maximum absolute atomic E-state index is 14.0. The Morgan fingerprint density at radius 1 is 1.43 bits per heavy atom. The first-order valence-electron chi connectivity index (χ1n) is 6.52. The number of amides is 2. The lowest BCUT2D eigenvalue weighted by molar-refractivity contribution is 0.218.